The van der Waals surface area contributed by atoms with Gasteiger partial charge in [0.15, 0.2) is 0 Å². The molecule has 0 aliphatic carbocycles. The van der Waals surface area contributed by atoms with E-state index in [1.807, 2.05) is 0 Å². The summed E-state index contributed by atoms with van der Waals surface area (Å²) in [6.45, 7) is 0. The average Bonchev–Trinajstić information content (AvgIpc) is 2.32. The first-order valence-electron chi connectivity index (χ1n) is 4.77. The van der Waals surface area contributed by atoms with Crippen molar-refractivity contribution in [1.29, 1.82) is 0 Å². The Morgan fingerprint density at radius 3 is 2.94 bits per heavy atom. The number of hydrogen-bond donors (Lipinski definition) is 1. The maximum absolute atomic E-state index is 5.95. The van der Waals surface area contributed by atoms with Crippen LogP contribution in [0.5, 0.6) is 5.75 Å². The first-order valence-corrected chi connectivity index (χ1v) is 6.22. The van der Waals surface area contributed by atoms with Crippen molar-refractivity contribution in [3.63, 3.8) is 0 Å². The van der Waals surface area contributed by atoms with Gasteiger partial charge in [0.1, 0.15) is 17.9 Å². The number of hydrogen-bond acceptors (Lipinski definition) is 4. The van der Waals surface area contributed by atoms with Gasteiger partial charge in [-0.1, -0.05) is 11.6 Å². The fraction of sp³-hybridized carbons (Fsp3) is 0.0909. The molecule has 0 bridgehead atoms. The highest BCUT2D eigenvalue weighted by Crippen LogP contribution is 2.30. The molecule has 0 fully saturated rings. The highest BCUT2D eigenvalue weighted by Gasteiger charge is 2.07. The molecule has 88 valence electrons. The van der Waals surface area contributed by atoms with Crippen molar-refractivity contribution >= 4 is 45.7 Å². The molecule has 2 rings (SSSR count). The summed E-state index contributed by atoms with van der Waals surface area (Å²) in [7, 11) is 1.61. The van der Waals surface area contributed by atoms with E-state index in [2.05, 4.69) is 37.9 Å². The standard InChI is InChI=1S/C11H9ClIN3O/c1-17-10-3-2-7(12)4-9(10)16-11-8(13)5-14-6-15-11/h2-6H,1H3,(H,14,15,16). The number of halogens is 2. The van der Waals surface area contributed by atoms with Gasteiger partial charge in [-0.05, 0) is 40.8 Å². The first kappa shape index (κ1) is 12.4. The molecule has 0 saturated carbocycles. The number of anilines is 2. The van der Waals surface area contributed by atoms with Crippen molar-refractivity contribution in [2.75, 3.05) is 12.4 Å². The second-order valence-corrected chi connectivity index (χ2v) is 4.79. The Hall–Kier alpha value is -1.08. The molecule has 1 aromatic carbocycles. The van der Waals surface area contributed by atoms with Crippen LogP contribution in [0.3, 0.4) is 0 Å². The van der Waals surface area contributed by atoms with E-state index in [0.29, 0.717) is 10.8 Å². The molecule has 6 heteroatoms. The lowest BCUT2D eigenvalue weighted by Crippen LogP contribution is -1.99. The third-order valence-electron chi connectivity index (χ3n) is 2.08. The molecular weight excluding hydrogens is 352 g/mol. The van der Waals surface area contributed by atoms with E-state index in [0.717, 1.165) is 15.1 Å². The Balaban J connectivity index is 2.35. The Kier molecular flexibility index (Phi) is 4.01. The monoisotopic (exact) mass is 361 g/mol. The van der Waals surface area contributed by atoms with Crippen LogP contribution in [-0.2, 0) is 0 Å². The number of benzene rings is 1. The molecule has 0 amide bonds. The number of methoxy groups -OCH3 is 1. The fourth-order valence-corrected chi connectivity index (χ4v) is 1.92. The van der Waals surface area contributed by atoms with Crippen LogP contribution in [0.1, 0.15) is 0 Å². The molecule has 4 nitrogen and oxygen atoms in total. The first-order chi connectivity index (χ1) is 8.20. The van der Waals surface area contributed by atoms with Crippen LogP contribution in [0.4, 0.5) is 11.5 Å². The lowest BCUT2D eigenvalue weighted by molar-refractivity contribution is 0.417. The third-order valence-corrected chi connectivity index (χ3v) is 3.11. The van der Waals surface area contributed by atoms with Crippen LogP contribution in [0.15, 0.2) is 30.7 Å². The molecule has 0 radical (unpaired) electrons. The number of rotatable bonds is 3. The zero-order valence-corrected chi connectivity index (χ0v) is 11.9. The van der Waals surface area contributed by atoms with Gasteiger partial charge in [0.25, 0.3) is 0 Å². The number of nitrogens with one attached hydrogen (secondary N) is 1. The van der Waals surface area contributed by atoms with Gasteiger partial charge in [0.2, 0.25) is 0 Å². The van der Waals surface area contributed by atoms with Gasteiger partial charge in [0, 0.05) is 11.2 Å². The molecule has 0 saturated heterocycles. The maximum atomic E-state index is 5.95. The van der Waals surface area contributed by atoms with E-state index >= 15 is 0 Å². The second-order valence-electron chi connectivity index (χ2n) is 3.19. The minimum absolute atomic E-state index is 0.636. The predicted molar refractivity (Wildman–Crippen MR) is 76.0 cm³/mol. The van der Waals surface area contributed by atoms with E-state index in [1.165, 1.54) is 6.33 Å². The molecule has 0 aliphatic heterocycles. The number of aromatic nitrogens is 2. The van der Waals surface area contributed by atoms with Gasteiger partial charge < -0.3 is 10.1 Å². The summed E-state index contributed by atoms with van der Waals surface area (Å²) in [4.78, 5) is 8.08. The zero-order valence-electron chi connectivity index (χ0n) is 8.95. The summed E-state index contributed by atoms with van der Waals surface area (Å²) >= 11 is 8.11. The quantitative estimate of drug-likeness (QED) is 0.850. The lowest BCUT2D eigenvalue weighted by Gasteiger charge is -2.11. The van der Waals surface area contributed by atoms with E-state index < -0.39 is 0 Å². The number of nitrogens with zero attached hydrogens (tertiary/aromatic N) is 2. The van der Waals surface area contributed by atoms with Gasteiger partial charge in [-0.3, -0.25) is 0 Å². The Labute approximate surface area is 118 Å². The topological polar surface area (TPSA) is 47.0 Å². The summed E-state index contributed by atoms with van der Waals surface area (Å²) in [6.07, 6.45) is 3.22. The van der Waals surface area contributed by atoms with Crippen molar-refractivity contribution in [3.05, 3.63) is 39.3 Å². The Bertz CT molecular complexity index is 536. The molecule has 1 N–H and O–H groups in total. The van der Waals surface area contributed by atoms with E-state index in [-0.39, 0.29) is 0 Å². The molecular formula is C11H9ClIN3O. The molecule has 0 unspecified atom stereocenters. The van der Waals surface area contributed by atoms with E-state index in [4.69, 9.17) is 16.3 Å². The van der Waals surface area contributed by atoms with Crippen LogP contribution < -0.4 is 10.1 Å². The van der Waals surface area contributed by atoms with Crippen molar-refractivity contribution in [2.45, 2.75) is 0 Å². The second kappa shape index (κ2) is 5.50. The molecule has 0 aliphatic rings. The van der Waals surface area contributed by atoms with Gasteiger partial charge >= 0.3 is 0 Å². The van der Waals surface area contributed by atoms with Crippen molar-refractivity contribution in [3.8, 4) is 5.75 Å². The molecule has 0 atom stereocenters. The molecule has 1 heterocycles. The third kappa shape index (κ3) is 2.98. The molecule has 0 spiro atoms. The maximum Gasteiger partial charge on any atom is 0.147 e. The van der Waals surface area contributed by atoms with Crippen LogP contribution in [0.25, 0.3) is 0 Å². The largest absolute Gasteiger partial charge is 0.495 e. The molecule has 1 aromatic heterocycles. The Morgan fingerprint density at radius 1 is 1.41 bits per heavy atom. The van der Waals surface area contributed by atoms with Crippen molar-refractivity contribution in [1.82, 2.24) is 9.97 Å². The Morgan fingerprint density at radius 2 is 2.24 bits per heavy atom. The molecule has 2 aromatic rings. The summed E-state index contributed by atoms with van der Waals surface area (Å²) in [5.41, 5.74) is 0.775. The number of ether oxygens (including phenoxy) is 1. The van der Waals surface area contributed by atoms with Gasteiger partial charge in [-0.2, -0.15) is 0 Å². The van der Waals surface area contributed by atoms with E-state index in [9.17, 15) is 0 Å². The fourth-order valence-electron chi connectivity index (χ4n) is 1.31. The van der Waals surface area contributed by atoms with E-state index in [1.54, 1.807) is 31.5 Å². The minimum Gasteiger partial charge on any atom is -0.495 e. The van der Waals surface area contributed by atoms with Crippen molar-refractivity contribution < 1.29 is 4.74 Å². The van der Waals surface area contributed by atoms with Gasteiger partial charge in [0.05, 0.1) is 16.4 Å². The summed E-state index contributed by atoms with van der Waals surface area (Å²) in [5.74, 6) is 1.44. The van der Waals surface area contributed by atoms with Crippen LogP contribution in [-0.4, -0.2) is 17.1 Å². The van der Waals surface area contributed by atoms with Gasteiger partial charge in [-0.15, -0.1) is 0 Å². The lowest BCUT2D eigenvalue weighted by atomic mass is 10.3. The van der Waals surface area contributed by atoms with Crippen LogP contribution >= 0.6 is 34.2 Å². The highest BCUT2D eigenvalue weighted by atomic mass is 127. The van der Waals surface area contributed by atoms with Gasteiger partial charge in [-0.25, -0.2) is 9.97 Å². The molecule has 17 heavy (non-hydrogen) atoms. The summed E-state index contributed by atoms with van der Waals surface area (Å²) in [5, 5.41) is 3.80. The zero-order chi connectivity index (χ0) is 12.3. The van der Waals surface area contributed by atoms with Crippen LogP contribution in [0.2, 0.25) is 5.02 Å². The smallest absolute Gasteiger partial charge is 0.147 e. The SMILES string of the molecule is COc1ccc(Cl)cc1Nc1ncncc1I. The summed E-state index contributed by atoms with van der Waals surface area (Å²) < 4.78 is 6.17. The van der Waals surface area contributed by atoms with Crippen LogP contribution in [0, 0.1) is 3.57 Å². The minimum atomic E-state index is 0.636. The highest BCUT2D eigenvalue weighted by molar-refractivity contribution is 14.1. The summed E-state index contributed by atoms with van der Waals surface area (Å²) in [6, 6.07) is 5.37. The van der Waals surface area contributed by atoms with Crippen molar-refractivity contribution in [2.24, 2.45) is 0 Å². The normalized spacial score (nSPS) is 10.1. The average molecular weight is 362 g/mol. The predicted octanol–water partition coefficient (Wildman–Crippen LogP) is 3.49.